The second-order valence-electron chi connectivity index (χ2n) is 6.13. The number of hydrogen-bond acceptors (Lipinski definition) is 3. The first-order valence-corrected chi connectivity index (χ1v) is 8.91. The Kier molecular flexibility index (Phi) is 6.05. The van der Waals surface area contributed by atoms with Gasteiger partial charge in [-0.3, -0.25) is 4.79 Å². The third-order valence-corrected chi connectivity index (χ3v) is 4.08. The second-order valence-corrected chi connectivity index (χ2v) is 6.13. The van der Waals surface area contributed by atoms with Crippen LogP contribution in [0.15, 0.2) is 73.1 Å². The molecule has 5 heteroatoms. The van der Waals surface area contributed by atoms with Gasteiger partial charge in [0.1, 0.15) is 5.75 Å². The largest absolute Gasteiger partial charge is 0.493 e. The SMILES string of the molecule is CCOc1ccccc1/C=C/C(=O)N(C)Cc1cnn(-c2ccccc2)c1. The van der Waals surface area contributed by atoms with E-state index in [4.69, 9.17) is 4.74 Å². The van der Waals surface area contributed by atoms with Gasteiger partial charge >= 0.3 is 0 Å². The number of para-hydroxylation sites is 2. The molecule has 3 rings (SSSR count). The van der Waals surface area contributed by atoms with Gasteiger partial charge in [0.15, 0.2) is 0 Å². The van der Waals surface area contributed by atoms with E-state index in [1.54, 1.807) is 30.3 Å². The molecule has 0 saturated carbocycles. The van der Waals surface area contributed by atoms with Crippen LogP contribution < -0.4 is 4.74 Å². The zero-order chi connectivity index (χ0) is 19.1. The fraction of sp³-hybridized carbons (Fsp3) is 0.182. The van der Waals surface area contributed by atoms with Crippen LogP contribution in [0.5, 0.6) is 5.75 Å². The first-order chi connectivity index (χ1) is 13.2. The van der Waals surface area contributed by atoms with E-state index in [9.17, 15) is 4.79 Å². The lowest BCUT2D eigenvalue weighted by Gasteiger charge is -2.14. The molecule has 1 heterocycles. The van der Waals surface area contributed by atoms with Crippen molar-refractivity contribution in [1.29, 1.82) is 0 Å². The Morgan fingerprint density at radius 1 is 1.15 bits per heavy atom. The number of amides is 1. The van der Waals surface area contributed by atoms with Gasteiger partial charge in [-0.15, -0.1) is 0 Å². The molecule has 1 amide bonds. The lowest BCUT2D eigenvalue weighted by atomic mass is 10.2. The number of nitrogens with zero attached hydrogens (tertiary/aromatic N) is 3. The number of hydrogen-bond donors (Lipinski definition) is 0. The van der Waals surface area contributed by atoms with Gasteiger partial charge in [0.05, 0.1) is 18.5 Å². The smallest absolute Gasteiger partial charge is 0.246 e. The van der Waals surface area contributed by atoms with Crippen LogP contribution in [0.4, 0.5) is 0 Å². The number of carbonyl (C=O) groups is 1. The molecule has 0 bridgehead atoms. The fourth-order valence-electron chi connectivity index (χ4n) is 2.71. The van der Waals surface area contributed by atoms with Gasteiger partial charge in [0.2, 0.25) is 5.91 Å². The summed E-state index contributed by atoms with van der Waals surface area (Å²) in [4.78, 5) is 14.1. The predicted molar refractivity (Wildman–Crippen MR) is 107 cm³/mol. The minimum absolute atomic E-state index is 0.0752. The average Bonchev–Trinajstić information content (AvgIpc) is 3.16. The minimum Gasteiger partial charge on any atom is -0.493 e. The summed E-state index contributed by atoms with van der Waals surface area (Å²) in [6, 6.07) is 17.6. The number of rotatable bonds is 7. The van der Waals surface area contributed by atoms with Gasteiger partial charge in [-0.25, -0.2) is 4.68 Å². The Labute approximate surface area is 159 Å². The van der Waals surface area contributed by atoms with Gasteiger partial charge in [-0.2, -0.15) is 5.10 Å². The molecule has 0 aliphatic carbocycles. The number of likely N-dealkylation sites (N-methyl/N-ethyl adjacent to an activating group) is 1. The van der Waals surface area contributed by atoms with Gasteiger partial charge in [0.25, 0.3) is 0 Å². The maximum atomic E-state index is 12.4. The van der Waals surface area contributed by atoms with Crippen LogP contribution in [0.2, 0.25) is 0 Å². The lowest BCUT2D eigenvalue weighted by molar-refractivity contribution is -0.125. The molecular weight excluding hydrogens is 338 g/mol. The fourth-order valence-corrected chi connectivity index (χ4v) is 2.71. The molecule has 27 heavy (non-hydrogen) atoms. The molecular formula is C22H23N3O2. The van der Waals surface area contributed by atoms with Crippen LogP contribution in [0.25, 0.3) is 11.8 Å². The number of benzene rings is 2. The van der Waals surface area contributed by atoms with Crippen molar-refractivity contribution < 1.29 is 9.53 Å². The highest BCUT2D eigenvalue weighted by Crippen LogP contribution is 2.19. The maximum Gasteiger partial charge on any atom is 0.246 e. The molecule has 1 aromatic heterocycles. The average molecular weight is 361 g/mol. The summed E-state index contributed by atoms with van der Waals surface area (Å²) in [7, 11) is 1.78. The Morgan fingerprint density at radius 3 is 2.67 bits per heavy atom. The van der Waals surface area contributed by atoms with E-state index >= 15 is 0 Å². The summed E-state index contributed by atoms with van der Waals surface area (Å²) < 4.78 is 7.39. The molecule has 0 saturated heterocycles. The maximum absolute atomic E-state index is 12.4. The second kappa shape index (κ2) is 8.85. The predicted octanol–water partition coefficient (Wildman–Crippen LogP) is 3.94. The zero-order valence-electron chi connectivity index (χ0n) is 15.6. The van der Waals surface area contributed by atoms with E-state index in [0.717, 1.165) is 22.6 Å². The van der Waals surface area contributed by atoms with Crippen molar-refractivity contribution >= 4 is 12.0 Å². The highest BCUT2D eigenvalue weighted by Gasteiger charge is 2.09. The molecule has 0 aliphatic heterocycles. The van der Waals surface area contributed by atoms with Crippen LogP contribution in [0.1, 0.15) is 18.1 Å². The molecule has 3 aromatic rings. The van der Waals surface area contributed by atoms with E-state index in [1.807, 2.05) is 72.4 Å². The molecule has 0 spiro atoms. The van der Waals surface area contributed by atoms with Gasteiger partial charge in [-0.05, 0) is 31.2 Å². The lowest BCUT2D eigenvalue weighted by Crippen LogP contribution is -2.23. The molecule has 0 atom stereocenters. The summed E-state index contributed by atoms with van der Waals surface area (Å²) in [6.45, 7) is 3.02. The van der Waals surface area contributed by atoms with Crippen LogP contribution in [0.3, 0.4) is 0 Å². The third kappa shape index (κ3) is 4.85. The molecule has 0 unspecified atom stereocenters. The Bertz CT molecular complexity index is 916. The summed E-state index contributed by atoms with van der Waals surface area (Å²) in [5.74, 6) is 0.699. The number of ether oxygens (including phenoxy) is 1. The van der Waals surface area contributed by atoms with Crippen LogP contribution in [-0.4, -0.2) is 34.2 Å². The highest BCUT2D eigenvalue weighted by molar-refractivity contribution is 5.92. The highest BCUT2D eigenvalue weighted by atomic mass is 16.5. The van der Waals surface area contributed by atoms with E-state index in [0.29, 0.717) is 13.2 Å². The third-order valence-electron chi connectivity index (χ3n) is 4.08. The van der Waals surface area contributed by atoms with E-state index in [1.165, 1.54) is 0 Å². The zero-order valence-corrected chi connectivity index (χ0v) is 15.6. The molecule has 2 aromatic carbocycles. The van der Waals surface area contributed by atoms with Gasteiger partial charge in [-0.1, -0.05) is 36.4 Å². The Balaban J connectivity index is 1.64. The van der Waals surface area contributed by atoms with E-state index < -0.39 is 0 Å². The topological polar surface area (TPSA) is 47.4 Å². The van der Waals surface area contributed by atoms with Crippen LogP contribution in [0, 0.1) is 0 Å². The van der Waals surface area contributed by atoms with E-state index in [-0.39, 0.29) is 5.91 Å². The molecule has 0 fully saturated rings. The van der Waals surface area contributed by atoms with E-state index in [2.05, 4.69) is 5.10 Å². The van der Waals surface area contributed by atoms with Gasteiger partial charge in [0, 0.05) is 37.0 Å². The molecule has 0 radical (unpaired) electrons. The van der Waals surface area contributed by atoms with Crippen molar-refractivity contribution in [2.75, 3.05) is 13.7 Å². The monoisotopic (exact) mass is 361 g/mol. The quantitative estimate of drug-likeness (QED) is 0.599. The minimum atomic E-state index is -0.0752. The standard InChI is InChI=1S/C22H23N3O2/c1-3-27-21-12-8-7-9-19(21)13-14-22(26)24(2)16-18-15-23-25(17-18)20-10-5-4-6-11-20/h4-15,17H,3,16H2,1-2H3/b14-13+. The van der Waals surface area contributed by atoms with Gasteiger partial charge < -0.3 is 9.64 Å². The van der Waals surface area contributed by atoms with Crippen molar-refractivity contribution in [2.45, 2.75) is 13.5 Å². The normalized spacial score (nSPS) is 10.9. The summed E-state index contributed by atoms with van der Waals surface area (Å²) >= 11 is 0. The first kappa shape index (κ1) is 18.5. The van der Waals surface area contributed by atoms with Crippen molar-refractivity contribution in [3.8, 4) is 11.4 Å². The summed E-state index contributed by atoms with van der Waals surface area (Å²) in [5.41, 5.74) is 2.85. The number of aromatic nitrogens is 2. The van der Waals surface area contributed by atoms with Crippen molar-refractivity contribution in [1.82, 2.24) is 14.7 Å². The first-order valence-electron chi connectivity index (χ1n) is 8.91. The summed E-state index contributed by atoms with van der Waals surface area (Å²) in [6.07, 6.45) is 7.08. The van der Waals surface area contributed by atoms with Crippen LogP contribution >= 0.6 is 0 Å². The van der Waals surface area contributed by atoms with Crippen molar-refractivity contribution in [3.05, 3.63) is 84.2 Å². The summed E-state index contributed by atoms with van der Waals surface area (Å²) in [5, 5.41) is 4.37. The molecule has 0 aliphatic rings. The Hall–Kier alpha value is -3.34. The molecule has 0 N–H and O–H groups in total. The van der Waals surface area contributed by atoms with Crippen LogP contribution in [-0.2, 0) is 11.3 Å². The Morgan fingerprint density at radius 2 is 1.89 bits per heavy atom. The number of carbonyl (C=O) groups excluding carboxylic acids is 1. The van der Waals surface area contributed by atoms with Crippen molar-refractivity contribution in [2.24, 2.45) is 0 Å². The van der Waals surface area contributed by atoms with Crippen molar-refractivity contribution in [3.63, 3.8) is 0 Å². The molecule has 5 nitrogen and oxygen atoms in total. The molecule has 138 valence electrons.